The summed E-state index contributed by atoms with van der Waals surface area (Å²) in [6.45, 7) is -0.273. The molecule has 192 valence electrons. The summed E-state index contributed by atoms with van der Waals surface area (Å²) in [7, 11) is -17.1. The first-order chi connectivity index (χ1) is 15.4. The summed E-state index contributed by atoms with van der Waals surface area (Å²) < 4.78 is 64.6. The van der Waals surface area contributed by atoms with Crippen molar-refractivity contribution in [3.05, 3.63) is 27.3 Å². The van der Waals surface area contributed by atoms with Crippen molar-refractivity contribution in [1.82, 2.24) is 14.5 Å². The number of phosphoric ester groups is 1. The van der Waals surface area contributed by atoms with Crippen LogP contribution in [0.25, 0.3) is 0 Å². The minimum absolute atomic E-state index is 0.578. The van der Waals surface area contributed by atoms with Gasteiger partial charge in [-0.05, 0) is 6.92 Å². The van der Waals surface area contributed by atoms with Gasteiger partial charge in [-0.1, -0.05) is 11.8 Å². The van der Waals surface area contributed by atoms with Gasteiger partial charge in [0, 0.05) is 0 Å². The Hall–Kier alpha value is -1.61. The molecule has 1 fully saturated rings. The van der Waals surface area contributed by atoms with Gasteiger partial charge in [0.05, 0.1) is 6.10 Å². The zero-order chi connectivity index (χ0) is 26.1. The van der Waals surface area contributed by atoms with Crippen molar-refractivity contribution in [2.75, 3.05) is 6.67 Å². The van der Waals surface area contributed by atoms with E-state index in [2.05, 4.69) is 24.0 Å². The second-order valence-electron chi connectivity index (χ2n) is 6.55. The fraction of sp³-hybridized carbons (Fsp3) is 0.583. The number of phosphoric acid groups is 3. The zero-order valence-corrected chi connectivity index (χ0v) is 19.4. The second-order valence-corrected chi connectivity index (χ2v) is 10.9. The molecule has 3 unspecified atom stereocenters. The lowest BCUT2D eigenvalue weighted by Gasteiger charge is -2.28. The monoisotopic (exact) mass is 554 g/mol. The summed E-state index contributed by atoms with van der Waals surface area (Å²) in [5.74, 6) is 4.08. The van der Waals surface area contributed by atoms with E-state index in [4.69, 9.17) is 20.3 Å². The lowest BCUT2D eigenvalue weighted by atomic mass is 9.90. The van der Waals surface area contributed by atoms with Crippen molar-refractivity contribution in [2.24, 2.45) is 5.73 Å². The summed E-state index contributed by atoms with van der Waals surface area (Å²) in [6.07, 6.45) is -6.61. The largest absolute Gasteiger partial charge is 0.490 e. The Labute approximate surface area is 187 Å². The molecule has 0 aromatic carbocycles. The summed E-state index contributed by atoms with van der Waals surface area (Å²) >= 11 is 0. The highest BCUT2D eigenvalue weighted by molar-refractivity contribution is 7.66. The fourth-order valence-electron chi connectivity index (χ4n) is 2.83. The molecular formula is C12H18FN4O14P3. The van der Waals surface area contributed by atoms with E-state index in [0.717, 1.165) is 6.92 Å². The third kappa shape index (κ3) is 6.97. The first kappa shape index (κ1) is 28.6. The number of nitrogens with one attached hydrogen (secondary N) is 1. The lowest BCUT2D eigenvalue weighted by molar-refractivity contribution is -0.0758. The van der Waals surface area contributed by atoms with E-state index < -0.39 is 71.6 Å². The standard InChI is InChI=1S/C12H18FN4O14P3/c1-6(29-33(24,25)31-34(26,27)30-32(21,22)23)7-8(18)12(14,3-2-4-13)9(28-7)17-5-15-10(19)16-11(17)20/h5-9,18H,4,14H2,1H3,(H,24,25)(H,26,27)(H,16,19,20)(H2,21,22,23)/t6-,7-,8+,9-,12?/m1/s1. The van der Waals surface area contributed by atoms with Gasteiger partial charge >= 0.3 is 34.8 Å². The maximum absolute atomic E-state index is 12.6. The van der Waals surface area contributed by atoms with E-state index in [9.17, 15) is 42.6 Å². The molecule has 0 bridgehead atoms. The molecule has 34 heavy (non-hydrogen) atoms. The number of hydrogen-bond acceptors (Lipinski definition) is 12. The molecule has 22 heteroatoms. The molecule has 7 atom stereocenters. The van der Waals surface area contributed by atoms with Crippen molar-refractivity contribution in [3.63, 3.8) is 0 Å². The van der Waals surface area contributed by atoms with Gasteiger partial charge < -0.3 is 35.2 Å². The molecule has 0 saturated carbocycles. The van der Waals surface area contributed by atoms with Crippen molar-refractivity contribution in [2.45, 2.75) is 37.0 Å². The fourth-order valence-corrected chi connectivity index (χ4v) is 6.03. The molecule has 1 aliphatic heterocycles. The van der Waals surface area contributed by atoms with Gasteiger partial charge in [-0.25, -0.2) is 27.7 Å². The number of nitrogens with zero attached hydrogens (tertiary/aromatic N) is 2. The molecule has 0 amide bonds. The number of ether oxygens (including phenoxy) is 1. The molecule has 18 nitrogen and oxygen atoms in total. The smallest absolute Gasteiger partial charge is 0.387 e. The van der Waals surface area contributed by atoms with Crippen LogP contribution >= 0.6 is 23.5 Å². The summed E-state index contributed by atoms with van der Waals surface area (Å²) in [6, 6.07) is 0. The van der Waals surface area contributed by atoms with E-state index in [1.165, 1.54) is 0 Å². The highest BCUT2D eigenvalue weighted by Gasteiger charge is 2.57. The van der Waals surface area contributed by atoms with Crippen LogP contribution in [-0.4, -0.2) is 69.7 Å². The van der Waals surface area contributed by atoms with Gasteiger partial charge in [0.1, 0.15) is 25.2 Å². The van der Waals surface area contributed by atoms with Gasteiger partial charge in [0.25, 0.3) is 0 Å². The quantitative estimate of drug-likeness (QED) is 0.130. The molecule has 1 aromatic rings. The van der Waals surface area contributed by atoms with Crippen LogP contribution in [0.2, 0.25) is 0 Å². The number of aliphatic hydroxyl groups excluding tert-OH is 1. The van der Waals surface area contributed by atoms with Crippen LogP contribution in [0.4, 0.5) is 4.39 Å². The third-order valence-corrected chi connectivity index (χ3v) is 7.97. The van der Waals surface area contributed by atoms with Crippen molar-refractivity contribution in [3.8, 4) is 11.8 Å². The summed E-state index contributed by atoms with van der Waals surface area (Å²) in [5.41, 5.74) is 1.57. The molecule has 1 aromatic heterocycles. The van der Waals surface area contributed by atoms with Gasteiger partial charge in [0.15, 0.2) is 11.8 Å². The minimum atomic E-state index is -5.83. The molecule has 1 saturated heterocycles. The highest BCUT2D eigenvalue weighted by atomic mass is 31.3. The molecule has 0 radical (unpaired) electrons. The Morgan fingerprint density at radius 2 is 1.91 bits per heavy atom. The Kier molecular flexibility index (Phi) is 8.56. The number of aromatic amines is 1. The number of aliphatic hydroxyl groups is 1. The van der Waals surface area contributed by atoms with Gasteiger partial charge in [-0.15, -0.1) is 0 Å². The predicted molar refractivity (Wildman–Crippen MR) is 104 cm³/mol. The summed E-state index contributed by atoms with van der Waals surface area (Å²) in [4.78, 5) is 64.4. The summed E-state index contributed by atoms with van der Waals surface area (Å²) in [5, 5.41) is 10.7. The number of rotatable bonds is 8. The SMILES string of the molecule is C[C@@H](OP(=O)(O)OP(=O)(O)OP(=O)(O)O)[C@H]1O[C@@H](n2cnc(=O)[nH]c2=O)C(N)(C#CCF)[C@H]1O. The molecular weight excluding hydrogens is 536 g/mol. The Balaban J connectivity index is 2.35. The molecule has 2 rings (SSSR count). The zero-order valence-electron chi connectivity index (χ0n) is 16.7. The van der Waals surface area contributed by atoms with Crippen molar-refractivity contribution in [1.29, 1.82) is 0 Å². The number of alkyl halides is 1. The Morgan fingerprint density at radius 3 is 2.44 bits per heavy atom. The van der Waals surface area contributed by atoms with Crippen LogP contribution in [0.3, 0.4) is 0 Å². The average Bonchev–Trinajstić information content (AvgIpc) is 2.88. The Morgan fingerprint density at radius 1 is 1.29 bits per heavy atom. The van der Waals surface area contributed by atoms with Crippen LogP contribution in [0.5, 0.6) is 0 Å². The average molecular weight is 554 g/mol. The van der Waals surface area contributed by atoms with Crippen LogP contribution in [0, 0.1) is 11.8 Å². The van der Waals surface area contributed by atoms with E-state index in [1.54, 1.807) is 4.98 Å². The predicted octanol–water partition coefficient (Wildman–Crippen LogP) is -2.41. The Bertz CT molecular complexity index is 1240. The van der Waals surface area contributed by atoms with E-state index >= 15 is 0 Å². The topological polar surface area (TPSA) is 283 Å². The number of halogens is 1. The van der Waals surface area contributed by atoms with Crippen molar-refractivity contribution < 1.29 is 60.6 Å². The molecule has 2 heterocycles. The number of H-pyrrole nitrogens is 1. The first-order valence-electron chi connectivity index (χ1n) is 8.59. The van der Waals surface area contributed by atoms with Gasteiger partial charge in [-0.2, -0.15) is 13.6 Å². The first-order valence-corrected chi connectivity index (χ1v) is 13.1. The van der Waals surface area contributed by atoms with Crippen LogP contribution in [0.15, 0.2) is 15.9 Å². The van der Waals surface area contributed by atoms with E-state index in [0.29, 0.717) is 10.9 Å². The van der Waals surface area contributed by atoms with E-state index in [-0.39, 0.29) is 0 Å². The normalized spacial score (nSPS) is 29.5. The number of nitrogens with two attached hydrogens (primary N) is 1. The van der Waals surface area contributed by atoms with Crippen LogP contribution in [0.1, 0.15) is 13.2 Å². The van der Waals surface area contributed by atoms with Gasteiger partial charge in [-0.3, -0.25) is 14.1 Å². The van der Waals surface area contributed by atoms with Crippen LogP contribution in [-0.2, 0) is 31.6 Å². The molecule has 0 aliphatic carbocycles. The number of aromatic nitrogens is 3. The van der Waals surface area contributed by atoms with Crippen molar-refractivity contribution >= 4 is 23.5 Å². The molecule has 1 aliphatic rings. The highest BCUT2D eigenvalue weighted by Crippen LogP contribution is 2.66. The van der Waals surface area contributed by atoms with Gasteiger partial charge in [0.2, 0.25) is 0 Å². The number of hydrogen-bond donors (Lipinski definition) is 7. The minimum Gasteiger partial charge on any atom is -0.387 e. The van der Waals surface area contributed by atoms with Crippen LogP contribution < -0.4 is 17.1 Å². The maximum atomic E-state index is 12.6. The lowest BCUT2D eigenvalue weighted by Crippen LogP contribution is -2.56. The van der Waals surface area contributed by atoms with E-state index in [1.807, 2.05) is 5.92 Å². The molecule has 8 N–H and O–H groups in total. The molecule has 0 spiro atoms. The third-order valence-electron chi connectivity index (χ3n) is 4.05. The maximum Gasteiger partial charge on any atom is 0.490 e. The second kappa shape index (κ2) is 10.2.